The van der Waals surface area contributed by atoms with E-state index in [0.29, 0.717) is 0 Å². The zero-order chi connectivity index (χ0) is 12.7. The quantitative estimate of drug-likeness (QED) is 0.737. The molecule has 1 aromatic rings. The predicted molar refractivity (Wildman–Crippen MR) is 59.7 cm³/mol. The smallest absolute Gasteiger partial charge is 0.398 e. The van der Waals surface area contributed by atoms with Crippen LogP contribution in [-0.2, 0) is 6.18 Å². The maximum absolute atomic E-state index is 12.9. The lowest BCUT2D eigenvalue weighted by molar-refractivity contribution is -0.138. The minimum atomic E-state index is -4.40. The molecular weight excluding hydrogens is 239 g/mol. The van der Waals surface area contributed by atoms with Gasteiger partial charge in [0.25, 0.3) is 0 Å². The molecule has 0 amide bonds. The monoisotopic (exact) mass is 251 g/mol. The highest BCUT2D eigenvalue weighted by atomic mass is 35.5. The molecule has 0 fully saturated rings. The number of benzene rings is 1. The average Bonchev–Trinajstić information content (AvgIpc) is 2.07. The van der Waals surface area contributed by atoms with E-state index in [4.69, 9.17) is 17.3 Å². The fraction of sp³-hybridized carbons (Fsp3) is 0.455. The number of alkyl halides is 3. The summed E-state index contributed by atoms with van der Waals surface area (Å²) in [5.41, 5.74) is 5.28. The van der Waals surface area contributed by atoms with Crippen LogP contribution in [0.1, 0.15) is 36.5 Å². The van der Waals surface area contributed by atoms with Crippen molar-refractivity contribution < 1.29 is 13.2 Å². The van der Waals surface area contributed by atoms with Gasteiger partial charge < -0.3 is 5.73 Å². The van der Waals surface area contributed by atoms with Crippen LogP contribution in [0.15, 0.2) is 6.07 Å². The standard InChI is InChI=1S/C11H13ClF3N/c1-5(2)8-9(11(13,14)15)6(3)4-7(16)10(8)12/h4-5H,16H2,1-3H3. The number of anilines is 1. The lowest BCUT2D eigenvalue weighted by Crippen LogP contribution is -2.14. The molecule has 16 heavy (non-hydrogen) atoms. The molecule has 0 radical (unpaired) electrons. The normalized spacial score (nSPS) is 12.2. The Morgan fingerprint density at radius 3 is 2.19 bits per heavy atom. The molecule has 0 bridgehead atoms. The van der Waals surface area contributed by atoms with Crippen LogP contribution >= 0.6 is 11.6 Å². The van der Waals surface area contributed by atoms with Crippen molar-refractivity contribution >= 4 is 17.3 Å². The van der Waals surface area contributed by atoms with Crippen LogP contribution in [-0.4, -0.2) is 0 Å². The van der Waals surface area contributed by atoms with Crippen molar-refractivity contribution in [3.63, 3.8) is 0 Å². The van der Waals surface area contributed by atoms with Crippen LogP contribution in [0.4, 0.5) is 18.9 Å². The second-order valence-electron chi connectivity index (χ2n) is 4.04. The summed E-state index contributed by atoms with van der Waals surface area (Å²) in [6.07, 6.45) is -4.40. The summed E-state index contributed by atoms with van der Waals surface area (Å²) in [7, 11) is 0. The molecule has 90 valence electrons. The van der Waals surface area contributed by atoms with E-state index >= 15 is 0 Å². The Hall–Kier alpha value is -0.900. The molecule has 1 aromatic carbocycles. The Bertz CT molecular complexity index is 411. The molecular formula is C11H13ClF3N. The van der Waals surface area contributed by atoms with E-state index in [2.05, 4.69) is 0 Å². The molecule has 0 aliphatic heterocycles. The molecule has 0 atom stereocenters. The first kappa shape index (κ1) is 13.2. The van der Waals surface area contributed by atoms with Crippen molar-refractivity contribution in [2.24, 2.45) is 0 Å². The third-order valence-corrected chi connectivity index (χ3v) is 2.81. The van der Waals surface area contributed by atoms with E-state index in [1.54, 1.807) is 13.8 Å². The molecule has 0 heterocycles. The summed E-state index contributed by atoms with van der Waals surface area (Å²) < 4.78 is 38.6. The highest BCUT2D eigenvalue weighted by Gasteiger charge is 2.37. The van der Waals surface area contributed by atoms with Crippen LogP contribution in [0, 0.1) is 6.92 Å². The molecule has 2 N–H and O–H groups in total. The summed E-state index contributed by atoms with van der Waals surface area (Å²) in [5.74, 6) is -0.327. The maximum atomic E-state index is 12.9. The van der Waals surface area contributed by atoms with E-state index in [1.807, 2.05) is 0 Å². The Morgan fingerprint density at radius 1 is 1.31 bits per heavy atom. The molecule has 0 aliphatic rings. The van der Waals surface area contributed by atoms with Gasteiger partial charge in [-0.3, -0.25) is 0 Å². The summed E-state index contributed by atoms with van der Waals surface area (Å²) in [4.78, 5) is 0. The fourth-order valence-corrected chi connectivity index (χ4v) is 2.13. The molecule has 5 heteroatoms. The van der Waals surface area contributed by atoms with Crippen molar-refractivity contribution in [1.29, 1.82) is 0 Å². The van der Waals surface area contributed by atoms with Gasteiger partial charge in [-0.25, -0.2) is 0 Å². The number of aryl methyl sites for hydroxylation is 1. The summed E-state index contributed by atoms with van der Waals surface area (Å²) >= 11 is 5.85. The summed E-state index contributed by atoms with van der Waals surface area (Å²) in [6, 6.07) is 1.26. The number of halogens is 4. The minimum Gasteiger partial charge on any atom is -0.398 e. The van der Waals surface area contributed by atoms with Crippen LogP contribution in [0.2, 0.25) is 5.02 Å². The van der Waals surface area contributed by atoms with Gasteiger partial charge in [-0.15, -0.1) is 0 Å². The molecule has 1 rings (SSSR count). The molecule has 0 saturated carbocycles. The third-order valence-electron chi connectivity index (χ3n) is 2.39. The number of hydrogen-bond acceptors (Lipinski definition) is 1. The maximum Gasteiger partial charge on any atom is 0.416 e. The lowest BCUT2D eigenvalue weighted by atomic mass is 9.92. The van der Waals surface area contributed by atoms with E-state index < -0.39 is 11.7 Å². The molecule has 0 aliphatic carbocycles. The van der Waals surface area contributed by atoms with Crippen LogP contribution < -0.4 is 5.73 Å². The largest absolute Gasteiger partial charge is 0.416 e. The van der Waals surface area contributed by atoms with Crippen molar-refractivity contribution in [1.82, 2.24) is 0 Å². The van der Waals surface area contributed by atoms with Crippen molar-refractivity contribution in [3.8, 4) is 0 Å². The van der Waals surface area contributed by atoms with Gasteiger partial charge in [0.05, 0.1) is 16.3 Å². The van der Waals surface area contributed by atoms with Gasteiger partial charge in [-0.05, 0) is 30.0 Å². The van der Waals surface area contributed by atoms with E-state index in [1.165, 1.54) is 13.0 Å². The predicted octanol–water partition coefficient (Wildman–Crippen LogP) is 4.37. The van der Waals surface area contributed by atoms with Gasteiger partial charge in [0.15, 0.2) is 0 Å². The number of nitrogens with two attached hydrogens (primary N) is 1. The van der Waals surface area contributed by atoms with Crippen molar-refractivity contribution in [2.75, 3.05) is 5.73 Å². The molecule has 0 saturated heterocycles. The zero-order valence-corrected chi connectivity index (χ0v) is 10.00. The Kier molecular flexibility index (Phi) is 3.43. The van der Waals surface area contributed by atoms with Crippen LogP contribution in [0.3, 0.4) is 0 Å². The summed E-state index contributed by atoms with van der Waals surface area (Å²) in [6.45, 7) is 4.71. The van der Waals surface area contributed by atoms with Gasteiger partial charge in [-0.1, -0.05) is 25.4 Å². The Morgan fingerprint density at radius 2 is 1.81 bits per heavy atom. The highest BCUT2D eigenvalue weighted by Crippen LogP contribution is 2.42. The average molecular weight is 252 g/mol. The second kappa shape index (κ2) is 4.17. The van der Waals surface area contributed by atoms with E-state index in [9.17, 15) is 13.2 Å². The molecule has 0 unspecified atom stereocenters. The van der Waals surface area contributed by atoms with Crippen LogP contribution in [0.5, 0.6) is 0 Å². The van der Waals surface area contributed by atoms with Crippen molar-refractivity contribution in [2.45, 2.75) is 32.9 Å². The third kappa shape index (κ3) is 2.26. The molecule has 0 aromatic heterocycles. The highest BCUT2D eigenvalue weighted by molar-refractivity contribution is 6.34. The number of nitrogen functional groups attached to an aromatic ring is 1. The van der Waals surface area contributed by atoms with Crippen LogP contribution in [0.25, 0.3) is 0 Å². The van der Waals surface area contributed by atoms with Gasteiger partial charge in [0.2, 0.25) is 0 Å². The van der Waals surface area contributed by atoms with Crippen molar-refractivity contribution in [3.05, 3.63) is 27.8 Å². The van der Waals surface area contributed by atoms with E-state index in [-0.39, 0.29) is 27.8 Å². The first-order chi connectivity index (χ1) is 7.16. The van der Waals surface area contributed by atoms with Gasteiger partial charge in [-0.2, -0.15) is 13.2 Å². The van der Waals surface area contributed by atoms with Gasteiger partial charge in [0, 0.05) is 0 Å². The number of hydrogen-bond donors (Lipinski definition) is 1. The lowest BCUT2D eigenvalue weighted by Gasteiger charge is -2.20. The second-order valence-corrected chi connectivity index (χ2v) is 4.42. The zero-order valence-electron chi connectivity index (χ0n) is 9.24. The minimum absolute atomic E-state index is 0.00734. The topological polar surface area (TPSA) is 26.0 Å². The first-order valence-corrected chi connectivity index (χ1v) is 5.19. The Balaban J connectivity index is 3.65. The van der Waals surface area contributed by atoms with E-state index in [0.717, 1.165) is 0 Å². The van der Waals surface area contributed by atoms with Gasteiger partial charge >= 0.3 is 6.18 Å². The molecule has 1 nitrogen and oxygen atoms in total. The number of rotatable bonds is 1. The molecule has 0 spiro atoms. The first-order valence-electron chi connectivity index (χ1n) is 4.82. The summed E-state index contributed by atoms with van der Waals surface area (Å²) in [5, 5.41) is 0.00734. The fourth-order valence-electron chi connectivity index (χ4n) is 1.76. The SMILES string of the molecule is Cc1cc(N)c(Cl)c(C(C)C)c1C(F)(F)F. The Labute approximate surface area is 97.4 Å². The van der Waals surface area contributed by atoms with Gasteiger partial charge in [0.1, 0.15) is 0 Å².